The number of esters is 1. The van der Waals surface area contributed by atoms with Crippen LogP contribution in [0.4, 0.5) is 44.5 Å². The fourth-order valence-electron chi connectivity index (χ4n) is 5.85. The predicted octanol–water partition coefficient (Wildman–Crippen LogP) is 8.34. The smallest absolute Gasteiger partial charge is 0.424 e. The van der Waals surface area contributed by atoms with Gasteiger partial charge in [-0.3, -0.25) is 4.79 Å². The molecule has 0 saturated carbocycles. The van der Waals surface area contributed by atoms with Crippen molar-refractivity contribution in [2.75, 3.05) is 29.9 Å². The Kier molecular flexibility index (Phi) is 14.3. The Morgan fingerprint density at radius 1 is 0.859 bits per heavy atom. The number of aromatic nitrogens is 3. The molecule has 2 heterocycles. The second kappa shape index (κ2) is 18.9. The van der Waals surface area contributed by atoms with Gasteiger partial charge in [0.05, 0.1) is 16.5 Å². The van der Waals surface area contributed by atoms with Crippen LogP contribution in [0.25, 0.3) is 16.8 Å². The lowest BCUT2D eigenvalue weighted by Crippen LogP contribution is -2.51. The molecule has 0 aliphatic carbocycles. The number of rotatable bonds is 13. The van der Waals surface area contributed by atoms with Crippen molar-refractivity contribution in [3.05, 3.63) is 96.4 Å². The molecule has 2 aromatic heterocycles. The molecule has 2 unspecified atom stereocenters. The lowest BCUT2D eigenvalue weighted by Gasteiger charge is -2.30. The first-order valence-corrected chi connectivity index (χ1v) is 21.3. The monoisotopic (exact) mass is 914 g/mol. The maximum Gasteiger partial charge on any atom is 0.424 e. The number of halogens is 4. The SMILES string of the molecule is CC(C(=O)Nc1ccc(-c2ccc3nc(N(C(=O)OCOC(=O)C(NC(=O)OC(C)(C)C)C(C)(C)C)c4ccc(S(C)(=O)=O)cc4OCC(F)(F)F)nn3c2)cc1)c1ccc(F)cc1. The zero-order valence-corrected chi connectivity index (χ0v) is 36.8. The van der Waals surface area contributed by atoms with Crippen molar-refractivity contribution in [2.24, 2.45) is 5.41 Å². The molecule has 0 aliphatic heterocycles. The van der Waals surface area contributed by atoms with Crippen molar-refractivity contribution in [1.82, 2.24) is 19.9 Å². The molecule has 0 saturated heterocycles. The van der Waals surface area contributed by atoms with Crippen LogP contribution in [0, 0.1) is 11.2 Å². The molecule has 342 valence electrons. The van der Waals surface area contributed by atoms with Crippen molar-refractivity contribution in [1.29, 1.82) is 0 Å². The average Bonchev–Trinajstić information content (AvgIpc) is 3.61. The van der Waals surface area contributed by atoms with Gasteiger partial charge in [-0.2, -0.15) is 18.2 Å². The Morgan fingerprint density at radius 3 is 2.09 bits per heavy atom. The Bertz CT molecular complexity index is 2630. The van der Waals surface area contributed by atoms with E-state index < -0.39 is 98.6 Å². The number of alkyl carbamates (subject to hydrolysis) is 1. The first kappa shape index (κ1) is 48.3. The van der Waals surface area contributed by atoms with Crippen LogP contribution < -0.4 is 20.3 Å². The molecule has 5 rings (SSSR count). The third-order valence-electron chi connectivity index (χ3n) is 9.09. The van der Waals surface area contributed by atoms with Crippen LogP contribution in [0.2, 0.25) is 0 Å². The van der Waals surface area contributed by atoms with Gasteiger partial charge in [-0.05, 0) is 92.8 Å². The zero-order chi connectivity index (χ0) is 47.4. The largest absolute Gasteiger partial charge is 0.482 e. The first-order chi connectivity index (χ1) is 29.7. The van der Waals surface area contributed by atoms with E-state index in [1.807, 2.05) is 0 Å². The average molecular weight is 915 g/mol. The number of nitrogens with zero attached hydrogens (tertiary/aromatic N) is 4. The number of anilines is 3. The van der Waals surface area contributed by atoms with Gasteiger partial charge in [0, 0.05) is 29.8 Å². The number of nitrogens with one attached hydrogen (secondary N) is 2. The number of benzene rings is 3. The van der Waals surface area contributed by atoms with E-state index in [-0.39, 0.29) is 11.6 Å². The van der Waals surface area contributed by atoms with Crippen molar-refractivity contribution in [3.8, 4) is 16.9 Å². The lowest BCUT2D eigenvalue weighted by molar-refractivity contribution is -0.157. The molecule has 0 spiro atoms. The molecule has 21 heteroatoms. The van der Waals surface area contributed by atoms with Crippen LogP contribution in [-0.4, -0.2) is 84.6 Å². The Morgan fingerprint density at radius 2 is 1.50 bits per heavy atom. The van der Waals surface area contributed by atoms with Crippen LogP contribution in [0.15, 0.2) is 90.0 Å². The number of sulfone groups is 1. The number of hydrogen-bond acceptors (Lipinski definition) is 12. The van der Waals surface area contributed by atoms with Crippen molar-refractivity contribution < 1.29 is 64.1 Å². The second-order valence-electron chi connectivity index (χ2n) is 16.5. The summed E-state index contributed by atoms with van der Waals surface area (Å²) in [6, 6.07) is 17.0. The summed E-state index contributed by atoms with van der Waals surface area (Å²) in [5.74, 6) is -3.55. The van der Waals surface area contributed by atoms with E-state index in [0.717, 1.165) is 24.5 Å². The Balaban J connectivity index is 1.45. The highest BCUT2D eigenvalue weighted by molar-refractivity contribution is 7.90. The van der Waals surface area contributed by atoms with Gasteiger partial charge in [-0.15, -0.1) is 5.10 Å². The van der Waals surface area contributed by atoms with Gasteiger partial charge in [0.1, 0.15) is 23.2 Å². The molecule has 16 nitrogen and oxygen atoms in total. The minimum Gasteiger partial charge on any atom is -0.482 e. The van der Waals surface area contributed by atoms with E-state index >= 15 is 0 Å². The standard InChI is InChI=1S/C43H46F4N6O10S/c1-25(26-9-14-29(44)15-10-26)36(54)48-30-16-11-27(12-17-30)28-13-20-34-49-38(51-52(34)22-28)53(32-19-18-31(64(8,58)59)21-33(32)60-23-43(45,46)47)40(57)62-24-61-37(55)35(41(2,3)4)50-39(56)63-42(5,6)7/h9-22,25,35H,23-24H2,1-8H3,(H,48,54)(H,50,56). The molecule has 0 fully saturated rings. The number of carbonyl (C=O) groups excluding carboxylic acids is 4. The lowest BCUT2D eigenvalue weighted by atomic mass is 9.87. The zero-order valence-electron chi connectivity index (χ0n) is 35.9. The highest BCUT2D eigenvalue weighted by Gasteiger charge is 2.37. The van der Waals surface area contributed by atoms with Crippen LogP contribution in [0.1, 0.15) is 59.9 Å². The molecular formula is C43H46F4N6O10S. The minimum absolute atomic E-state index is 0.133. The number of carbonyl (C=O) groups is 4. The number of alkyl halides is 3. The van der Waals surface area contributed by atoms with Crippen molar-refractivity contribution in [2.45, 2.75) is 77.1 Å². The molecule has 3 aromatic carbocycles. The normalized spacial score (nSPS) is 13.1. The van der Waals surface area contributed by atoms with Crippen molar-refractivity contribution in [3.63, 3.8) is 0 Å². The second-order valence-corrected chi connectivity index (χ2v) is 18.6. The summed E-state index contributed by atoms with van der Waals surface area (Å²) < 4.78 is 101. The molecule has 2 atom stereocenters. The Labute approximate surface area is 365 Å². The summed E-state index contributed by atoms with van der Waals surface area (Å²) in [6.45, 7) is 8.48. The predicted molar refractivity (Wildman–Crippen MR) is 225 cm³/mol. The molecule has 64 heavy (non-hydrogen) atoms. The molecule has 2 N–H and O–H groups in total. The van der Waals surface area contributed by atoms with Gasteiger partial charge >= 0.3 is 24.3 Å². The number of amides is 3. The molecule has 3 amide bonds. The van der Waals surface area contributed by atoms with Gasteiger partial charge in [0.2, 0.25) is 12.7 Å². The fourth-order valence-corrected chi connectivity index (χ4v) is 6.49. The maximum absolute atomic E-state index is 14.0. The number of hydrogen-bond donors (Lipinski definition) is 2. The number of ether oxygens (including phenoxy) is 4. The summed E-state index contributed by atoms with van der Waals surface area (Å²) in [5.41, 5.74) is 0.149. The summed E-state index contributed by atoms with van der Waals surface area (Å²) in [7, 11) is -4.01. The van der Waals surface area contributed by atoms with E-state index in [0.29, 0.717) is 27.3 Å². The number of pyridine rings is 1. The molecule has 0 aliphatic rings. The third-order valence-corrected chi connectivity index (χ3v) is 10.2. The van der Waals surface area contributed by atoms with Crippen molar-refractivity contribution >= 4 is 56.9 Å². The topological polar surface area (TPSA) is 197 Å². The maximum atomic E-state index is 14.0. The van der Waals surface area contributed by atoms with Gasteiger partial charge in [-0.25, -0.2) is 36.6 Å². The van der Waals surface area contributed by atoms with Crippen LogP contribution in [0.5, 0.6) is 5.75 Å². The van der Waals surface area contributed by atoms with E-state index in [4.69, 9.17) is 18.9 Å². The third kappa shape index (κ3) is 12.9. The van der Waals surface area contributed by atoms with Gasteiger partial charge in [0.25, 0.3) is 5.95 Å². The first-order valence-electron chi connectivity index (χ1n) is 19.4. The minimum atomic E-state index is -4.89. The van der Waals surface area contributed by atoms with Gasteiger partial charge in [0.15, 0.2) is 22.1 Å². The van der Waals surface area contributed by atoms with E-state index in [1.54, 1.807) is 78.8 Å². The van der Waals surface area contributed by atoms with E-state index in [1.165, 1.54) is 41.0 Å². The number of fused-ring (bicyclic) bond motifs is 1. The summed E-state index contributed by atoms with van der Waals surface area (Å²) in [4.78, 5) is 57.2. The quantitative estimate of drug-likeness (QED) is 0.0652. The molecule has 5 aromatic rings. The molecule has 0 radical (unpaired) electrons. The highest BCUT2D eigenvalue weighted by atomic mass is 32.2. The summed E-state index contributed by atoms with van der Waals surface area (Å²) in [6.07, 6.45) is -4.86. The summed E-state index contributed by atoms with van der Waals surface area (Å²) >= 11 is 0. The van der Waals surface area contributed by atoms with Crippen LogP contribution >= 0.6 is 0 Å². The molecular weight excluding hydrogens is 869 g/mol. The van der Waals surface area contributed by atoms with E-state index in [2.05, 4.69) is 20.7 Å². The van der Waals surface area contributed by atoms with Gasteiger partial charge in [-0.1, -0.05) is 45.0 Å². The van der Waals surface area contributed by atoms with Gasteiger partial charge < -0.3 is 29.6 Å². The summed E-state index contributed by atoms with van der Waals surface area (Å²) in [5, 5.41) is 9.64. The van der Waals surface area contributed by atoms with Crippen LogP contribution in [-0.2, 0) is 33.6 Å². The Hall–Kier alpha value is -6.77. The van der Waals surface area contributed by atoms with Crippen LogP contribution in [0.3, 0.4) is 0 Å². The fraction of sp³-hybridized carbons (Fsp3) is 0.349. The van der Waals surface area contributed by atoms with E-state index in [9.17, 15) is 45.2 Å². The highest BCUT2D eigenvalue weighted by Crippen LogP contribution is 2.37. The molecule has 0 bridgehead atoms.